The number of benzene rings is 1. The van der Waals surface area contributed by atoms with Crippen LogP contribution in [0.25, 0.3) is 0 Å². The Labute approximate surface area is 135 Å². The summed E-state index contributed by atoms with van der Waals surface area (Å²) in [5.74, 6) is -0.646. The molecule has 0 spiro atoms. The highest BCUT2D eigenvalue weighted by Crippen LogP contribution is 2.17. The zero-order valence-electron chi connectivity index (χ0n) is 12.7. The van der Waals surface area contributed by atoms with Crippen LogP contribution in [0.1, 0.15) is 26.2 Å². The molecule has 0 saturated heterocycles. The van der Waals surface area contributed by atoms with Crippen molar-refractivity contribution in [1.82, 2.24) is 0 Å². The lowest BCUT2D eigenvalue weighted by atomic mass is 10.1. The van der Waals surface area contributed by atoms with E-state index >= 15 is 0 Å². The van der Waals surface area contributed by atoms with E-state index in [4.69, 9.17) is 16.3 Å². The summed E-state index contributed by atoms with van der Waals surface area (Å²) < 4.78 is 9.80. The molecule has 120 valence electrons. The first-order valence-electron chi connectivity index (χ1n) is 6.96. The van der Waals surface area contributed by atoms with Crippen molar-refractivity contribution in [3.05, 3.63) is 41.4 Å². The van der Waals surface area contributed by atoms with E-state index in [0.717, 1.165) is 12.8 Å². The fourth-order valence-corrected chi connectivity index (χ4v) is 1.85. The zero-order chi connectivity index (χ0) is 16.5. The molecule has 0 aliphatic rings. The van der Waals surface area contributed by atoms with Gasteiger partial charge in [0.25, 0.3) is 0 Å². The Morgan fingerprint density at radius 1 is 1.32 bits per heavy atom. The summed E-state index contributed by atoms with van der Waals surface area (Å²) in [6.07, 6.45) is 0.530. The lowest BCUT2D eigenvalue weighted by Crippen LogP contribution is -2.32. The highest BCUT2D eigenvalue weighted by Gasteiger charge is 2.26. The molecule has 0 aliphatic carbocycles. The highest BCUT2D eigenvalue weighted by atomic mass is 35.5. The second-order valence-corrected chi connectivity index (χ2v) is 5.14. The van der Waals surface area contributed by atoms with Crippen molar-refractivity contribution in [1.29, 1.82) is 0 Å². The van der Waals surface area contributed by atoms with Gasteiger partial charge in [-0.25, -0.2) is 9.59 Å². The summed E-state index contributed by atoms with van der Waals surface area (Å²) in [5.41, 5.74) is 1.03. The van der Waals surface area contributed by atoms with Gasteiger partial charge in [0.2, 0.25) is 6.10 Å². The van der Waals surface area contributed by atoms with Gasteiger partial charge < -0.3 is 9.47 Å². The maximum atomic E-state index is 11.9. The van der Waals surface area contributed by atoms with Crippen LogP contribution in [0.3, 0.4) is 0 Å². The van der Waals surface area contributed by atoms with E-state index in [2.05, 4.69) is 16.6 Å². The molecule has 1 aromatic carbocycles. The highest BCUT2D eigenvalue weighted by molar-refractivity contribution is 6.30. The molecule has 0 radical (unpaired) electrons. The SMILES string of the molecule is C=C(CCCC)C(OC(=O)Nc1ccc(Cl)cc1)C(=O)OC. The molecule has 6 heteroatoms. The minimum absolute atomic E-state index is 0.511. The van der Waals surface area contributed by atoms with Crippen LogP contribution in [0.15, 0.2) is 36.4 Å². The first-order valence-corrected chi connectivity index (χ1v) is 7.34. The van der Waals surface area contributed by atoms with Crippen molar-refractivity contribution in [2.75, 3.05) is 12.4 Å². The Hall–Kier alpha value is -2.01. The number of rotatable bonds is 7. The number of carbonyl (C=O) groups is 2. The Kier molecular flexibility index (Phi) is 7.46. The van der Waals surface area contributed by atoms with Gasteiger partial charge in [-0.2, -0.15) is 0 Å². The Morgan fingerprint density at radius 2 is 1.95 bits per heavy atom. The smallest absolute Gasteiger partial charge is 0.412 e. The molecule has 0 saturated carbocycles. The van der Waals surface area contributed by atoms with Crippen molar-refractivity contribution in [3.8, 4) is 0 Å². The third-order valence-corrected chi connectivity index (χ3v) is 3.20. The maximum Gasteiger partial charge on any atom is 0.412 e. The molecule has 1 amide bonds. The first-order chi connectivity index (χ1) is 10.5. The monoisotopic (exact) mass is 325 g/mol. The Balaban J connectivity index is 2.67. The van der Waals surface area contributed by atoms with Gasteiger partial charge in [-0.05, 0) is 42.7 Å². The van der Waals surface area contributed by atoms with E-state index in [1.54, 1.807) is 24.3 Å². The molecular formula is C16H20ClNO4. The number of hydrogen-bond acceptors (Lipinski definition) is 4. The number of anilines is 1. The molecule has 0 heterocycles. The van der Waals surface area contributed by atoms with Crippen LogP contribution >= 0.6 is 11.6 Å². The third-order valence-electron chi connectivity index (χ3n) is 2.95. The number of carbonyl (C=O) groups excluding carboxylic acids is 2. The fourth-order valence-electron chi connectivity index (χ4n) is 1.73. The first kappa shape index (κ1) is 18.0. The maximum absolute atomic E-state index is 11.9. The van der Waals surface area contributed by atoms with E-state index in [1.807, 2.05) is 6.92 Å². The second kappa shape index (κ2) is 9.10. The van der Waals surface area contributed by atoms with Crippen LogP contribution in [0.2, 0.25) is 5.02 Å². The van der Waals surface area contributed by atoms with Gasteiger partial charge in [0.1, 0.15) is 0 Å². The van der Waals surface area contributed by atoms with Crippen LogP contribution in [0.5, 0.6) is 0 Å². The van der Waals surface area contributed by atoms with Gasteiger partial charge in [-0.1, -0.05) is 31.5 Å². The predicted octanol–water partition coefficient (Wildman–Crippen LogP) is 4.18. The minimum atomic E-state index is -1.11. The lowest BCUT2D eigenvalue weighted by Gasteiger charge is -2.18. The Morgan fingerprint density at radius 3 is 2.50 bits per heavy atom. The van der Waals surface area contributed by atoms with Crippen molar-refractivity contribution >= 4 is 29.4 Å². The van der Waals surface area contributed by atoms with Crippen molar-refractivity contribution < 1.29 is 19.1 Å². The molecule has 0 fully saturated rings. The molecule has 1 rings (SSSR count). The average molecular weight is 326 g/mol. The molecule has 1 aromatic rings. The number of ether oxygens (including phenoxy) is 2. The van der Waals surface area contributed by atoms with E-state index < -0.39 is 18.2 Å². The third kappa shape index (κ3) is 5.77. The molecule has 0 aromatic heterocycles. The molecule has 0 bridgehead atoms. The average Bonchev–Trinajstić information content (AvgIpc) is 2.51. The van der Waals surface area contributed by atoms with Crippen molar-refractivity contribution in [3.63, 3.8) is 0 Å². The van der Waals surface area contributed by atoms with Gasteiger partial charge in [0.05, 0.1) is 7.11 Å². The summed E-state index contributed by atoms with van der Waals surface area (Å²) in [7, 11) is 1.24. The summed E-state index contributed by atoms with van der Waals surface area (Å²) in [6, 6.07) is 6.52. The molecule has 5 nitrogen and oxygen atoms in total. The number of nitrogens with one attached hydrogen (secondary N) is 1. The number of halogens is 1. The zero-order valence-corrected chi connectivity index (χ0v) is 13.5. The topological polar surface area (TPSA) is 64.6 Å². The standard InChI is InChI=1S/C16H20ClNO4/c1-4-5-6-11(2)14(15(19)21-3)22-16(20)18-13-9-7-12(17)8-10-13/h7-10,14H,2,4-6H2,1,3H3,(H,18,20). The number of unbranched alkanes of at least 4 members (excludes halogenated alkanes) is 1. The van der Waals surface area contributed by atoms with Gasteiger partial charge in [0.15, 0.2) is 0 Å². The quantitative estimate of drug-likeness (QED) is 0.603. The van der Waals surface area contributed by atoms with Crippen LogP contribution < -0.4 is 5.32 Å². The molecule has 0 aliphatic heterocycles. The molecule has 22 heavy (non-hydrogen) atoms. The Bertz CT molecular complexity index is 527. The molecule has 1 atom stereocenters. The molecule has 1 unspecified atom stereocenters. The number of methoxy groups -OCH3 is 1. The number of amides is 1. The van der Waals surface area contributed by atoms with Crippen LogP contribution in [-0.4, -0.2) is 25.3 Å². The predicted molar refractivity (Wildman–Crippen MR) is 86.0 cm³/mol. The lowest BCUT2D eigenvalue weighted by molar-refractivity contribution is -0.148. The van der Waals surface area contributed by atoms with Gasteiger partial charge in [-0.15, -0.1) is 0 Å². The van der Waals surface area contributed by atoms with E-state index in [1.165, 1.54) is 7.11 Å². The number of esters is 1. The van der Waals surface area contributed by atoms with Gasteiger partial charge >= 0.3 is 12.1 Å². The van der Waals surface area contributed by atoms with Gasteiger partial charge in [-0.3, -0.25) is 5.32 Å². The summed E-state index contributed by atoms with van der Waals surface area (Å²) in [4.78, 5) is 23.6. The summed E-state index contributed by atoms with van der Waals surface area (Å²) in [5, 5.41) is 3.08. The van der Waals surface area contributed by atoms with Crippen molar-refractivity contribution in [2.24, 2.45) is 0 Å². The summed E-state index contributed by atoms with van der Waals surface area (Å²) in [6.45, 7) is 5.83. The van der Waals surface area contributed by atoms with Crippen LogP contribution in [-0.2, 0) is 14.3 Å². The van der Waals surface area contributed by atoms with Crippen LogP contribution in [0.4, 0.5) is 10.5 Å². The van der Waals surface area contributed by atoms with E-state index in [0.29, 0.717) is 22.7 Å². The summed E-state index contributed by atoms with van der Waals surface area (Å²) >= 11 is 5.77. The van der Waals surface area contributed by atoms with E-state index in [9.17, 15) is 9.59 Å². The minimum Gasteiger partial charge on any atom is -0.466 e. The fraction of sp³-hybridized carbons (Fsp3) is 0.375. The largest absolute Gasteiger partial charge is 0.466 e. The van der Waals surface area contributed by atoms with Crippen LogP contribution in [0, 0.1) is 0 Å². The second-order valence-electron chi connectivity index (χ2n) is 4.70. The van der Waals surface area contributed by atoms with E-state index in [-0.39, 0.29) is 0 Å². The molecular weight excluding hydrogens is 306 g/mol. The van der Waals surface area contributed by atoms with Gasteiger partial charge in [0, 0.05) is 10.7 Å². The molecule has 1 N–H and O–H groups in total. The normalized spacial score (nSPS) is 11.4. The number of hydrogen-bond donors (Lipinski definition) is 1. The van der Waals surface area contributed by atoms with Crippen molar-refractivity contribution in [2.45, 2.75) is 32.3 Å².